The van der Waals surface area contributed by atoms with Gasteiger partial charge < -0.3 is 21.1 Å². The number of hydrogen-bond acceptors (Lipinski definition) is 10. The molecule has 4 N–H and O–H groups in total. The van der Waals surface area contributed by atoms with E-state index in [9.17, 15) is 19.3 Å². The van der Waals surface area contributed by atoms with Crippen LogP contribution in [-0.2, 0) is 11.3 Å². The Labute approximate surface area is 169 Å². The number of nitrogens with one attached hydrogen (secondary N) is 2. The van der Waals surface area contributed by atoms with E-state index in [4.69, 9.17) is 10.5 Å². The molecule has 0 bridgehead atoms. The Morgan fingerprint density at radius 1 is 1.20 bits per heavy atom. The van der Waals surface area contributed by atoms with Gasteiger partial charge in [-0.3, -0.25) is 10.1 Å². The van der Waals surface area contributed by atoms with Crippen molar-refractivity contribution >= 4 is 34.9 Å². The minimum atomic E-state index is -0.798. The molecule has 2 aromatic carbocycles. The smallest absolute Gasteiger partial charge is 0.338 e. The SMILES string of the molecule is CNc1ccc(C(=O)OCc2nc(N)nc(Nc3ccc(F)cc3)n2)cc1[N+](=O)[O-]. The van der Waals surface area contributed by atoms with Gasteiger partial charge in [-0.25, -0.2) is 9.18 Å². The number of nitrogens with two attached hydrogens (primary N) is 1. The summed E-state index contributed by atoms with van der Waals surface area (Å²) in [5, 5.41) is 16.6. The zero-order chi connectivity index (χ0) is 21.7. The number of halogens is 1. The molecular weight excluding hydrogens is 397 g/mol. The van der Waals surface area contributed by atoms with Crippen LogP contribution in [0.3, 0.4) is 0 Å². The summed E-state index contributed by atoms with van der Waals surface area (Å²) in [5.41, 5.74) is 6.16. The number of hydrogen-bond donors (Lipinski definition) is 3. The summed E-state index contributed by atoms with van der Waals surface area (Å²) in [7, 11) is 1.53. The molecule has 1 heterocycles. The highest BCUT2D eigenvalue weighted by Crippen LogP contribution is 2.25. The molecule has 30 heavy (non-hydrogen) atoms. The first-order valence-electron chi connectivity index (χ1n) is 8.52. The van der Waals surface area contributed by atoms with Crippen LogP contribution < -0.4 is 16.4 Å². The van der Waals surface area contributed by atoms with Crippen molar-refractivity contribution in [1.29, 1.82) is 0 Å². The summed E-state index contributed by atoms with van der Waals surface area (Å²) in [6, 6.07) is 9.39. The Balaban J connectivity index is 1.71. The molecule has 0 aliphatic carbocycles. The second-order valence-corrected chi connectivity index (χ2v) is 5.88. The number of carbonyl (C=O) groups is 1. The van der Waals surface area contributed by atoms with Gasteiger partial charge in [-0.2, -0.15) is 15.0 Å². The van der Waals surface area contributed by atoms with E-state index in [1.165, 1.54) is 43.4 Å². The number of nitro groups is 1. The number of ether oxygens (including phenoxy) is 1. The second-order valence-electron chi connectivity index (χ2n) is 5.88. The fourth-order valence-corrected chi connectivity index (χ4v) is 2.46. The zero-order valence-corrected chi connectivity index (χ0v) is 15.6. The lowest BCUT2D eigenvalue weighted by Gasteiger charge is -2.09. The van der Waals surface area contributed by atoms with Crippen LogP contribution in [0, 0.1) is 15.9 Å². The quantitative estimate of drug-likeness (QED) is 0.298. The molecule has 3 aromatic rings. The molecule has 0 saturated heterocycles. The Morgan fingerprint density at radius 2 is 1.93 bits per heavy atom. The molecule has 0 unspecified atom stereocenters. The summed E-state index contributed by atoms with van der Waals surface area (Å²) < 4.78 is 18.1. The molecule has 154 valence electrons. The molecule has 0 amide bonds. The number of esters is 1. The maximum absolute atomic E-state index is 13.0. The van der Waals surface area contributed by atoms with Crippen LogP contribution in [0.2, 0.25) is 0 Å². The Bertz CT molecular complexity index is 1090. The van der Waals surface area contributed by atoms with Crippen molar-refractivity contribution in [3.8, 4) is 0 Å². The third-order valence-corrected chi connectivity index (χ3v) is 3.83. The lowest BCUT2D eigenvalue weighted by molar-refractivity contribution is -0.384. The molecule has 1 aromatic heterocycles. The van der Waals surface area contributed by atoms with Gasteiger partial charge >= 0.3 is 5.97 Å². The standard InChI is InChI=1S/C18H16FN7O4/c1-21-13-7-2-10(8-14(13)26(28)29)16(27)30-9-15-23-17(20)25-18(24-15)22-12-5-3-11(19)4-6-12/h2-8,21H,9H2,1H3,(H3,20,22,23,24,25). The molecule has 0 aliphatic heterocycles. The zero-order valence-electron chi connectivity index (χ0n) is 15.6. The highest BCUT2D eigenvalue weighted by Gasteiger charge is 2.18. The van der Waals surface area contributed by atoms with Gasteiger partial charge in [0.05, 0.1) is 10.5 Å². The summed E-state index contributed by atoms with van der Waals surface area (Å²) >= 11 is 0. The van der Waals surface area contributed by atoms with Crippen LogP contribution in [0.4, 0.5) is 33.3 Å². The van der Waals surface area contributed by atoms with Crippen LogP contribution in [-0.4, -0.2) is 32.9 Å². The number of rotatable bonds is 7. The first kappa shape index (κ1) is 20.4. The molecule has 0 fully saturated rings. The van der Waals surface area contributed by atoms with Gasteiger partial charge in [0.15, 0.2) is 12.4 Å². The first-order chi connectivity index (χ1) is 14.4. The fourth-order valence-electron chi connectivity index (χ4n) is 2.46. The average molecular weight is 413 g/mol. The second kappa shape index (κ2) is 8.77. The van der Waals surface area contributed by atoms with Crippen molar-refractivity contribution in [2.75, 3.05) is 23.4 Å². The molecule has 12 heteroatoms. The average Bonchev–Trinajstić information content (AvgIpc) is 2.72. The van der Waals surface area contributed by atoms with Crippen LogP contribution in [0.1, 0.15) is 16.2 Å². The van der Waals surface area contributed by atoms with Gasteiger partial charge in [0.1, 0.15) is 11.5 Å². The van der Waals surface area contributed by atoms with Gasteiger partial charge in [0.25, 0.3) is 5.69 Å². The Morgan fingerprint density at radius 3 is 2.60 bits per heavy atom. The molecule has 0 aliphatic rings. The minimum Gasteiger partial charge on any atom is -0.454 e. The Hall–Kier alpha value is -4.35. The summed E-state index contributed by atoms with van der Waals surface area (Å²) in [4.78, 5) is 34.7. The van der Waals surface area contributed by atoms with Gasteiger partial charge in [0.2, 0.25) is 11.9 Å². The molecule has 11 nitrogen and oxygen atoms in total. The molecule has 0 radical (unpaired) electrons. The van der Waals surface area contributed by atoms with Crippen molar-refractivity contribution in [1.82, 2.24) is 15.0 Å². The number of nitro benzene ring substituents is 1. The third kappa shape index (κ3) is 4.92. The molecular formula is C18H16FN7O4. The number of nitrogen functional groups attached to an aromatic ring is 1. The predicted octanol–water partition coefficient (Wildman–Crippen LogP) is 2.64. The van der Waals surface area contributed by atoms with Crippen molar-refractivity contribution in [3.05, 3.63) is 69.8 Å². The molecule has 3 rings (SSSR count). The number of aromatic nitrogens is 3. The first-order valence-corrected chi connectivity index (χ1v) is 8.52. The Kier molecular flexibility index (Phi) is 5.96. The normalized spacial score (nSPS) is 10.3. The lowest BCUT2D eigenvalue weighted by atomic mass is 10.1. The monoisotopic (exact) mass is 413 g/mol. The van der Waals surface area contributed by atoms with E-state index in [-0.39, 0.29) is 41.3 Å². The van der Waals surface area contributed by atoms with Crippen molar-refractivity contribution in [3.63, 3.8) is 0 Å². The molecule has 0 atom stereocenters. The van der Waals surface area contributed by atoms with Gasteiger partial charge in [0, 0.05) is 18.8 Å². The van der Waals surface area contributed by atoms with Crippen molar-refractivity contribution < 1.29 is 18.8 Å². The minimum absolute atomic E-state index is 0.00705. The van der Waals surface area contributed by atoms with E-state index in [2.05, 4.69) is 25.6 Å². The fraction of sp³-hybridized carbons (Fsp3) is 0.111. The number of anilines is 4. The van der Waals surface area contributed by atoms with Crippen LogP contribution in [0.15, 0.2) is 42.5 Å². The third-order valence-electron chi connectivity index (χ3n) is 3.83. The molecule has 0 saturated carbocycles. The lowest BCUT2D eigenvalue weighted by Crippen LogP contribution is -2.11. The maximum Gasteiger partial charge on any atom is 0.338 e. The summed E-state index contributed by atoms with van der Waals surface area (Å²) in [6.07, 6.45) is 0. The van der Waals surface area contributed by atoms with E-state index in [0.29, 0.717) is 5.69 Å². The van der Waals surface area contributed by atoms with Crippen molar-refractivity contribution in [2.45, 2.75) is 6.61 Å². The van der Waals surface area contributed by atoms with Gasteiger partial charge in [-0.15, -0.1) is 0 Å². The number of nitrogens with zero attached hydrogens (tertiary/aromatic N) is 4. The van der Waals surface area contributed by atoms with Crippen LogP contribution >= 0.6 is 0 Å². The number of benzene rings is 2. The van der Waals surface area contributed by atoms with E-state index >= 15 is 0 Å². The highest BCUT2D eigenvalue weighted by molar-refractivity contribution is 5.91. The molecule has 0 spiro atoms. The van der Waals surface area contributed by atoms with E-state index in [1.54, 1.807) is 0 Å². The summed E-state index contributed by atoms with van der Waals surface area (Å²) in [6.45, 7) is -0.342. The van der Waals surface area contributed by atoms with Crippen LogP contribution in [0.25, 0.3) is 0 Å². The predicted molar refractivity (Wildman–Crippen MR) is 106 cm³/mol. The number of carbonyl (C=O) groups excluding carboxylic acids is 1. The van der Waals surface area contributed by atoms with Gasteiger partial charge in [-0.05, 0) is 36.4 Å². The van der Waals surface area contributed by atoms with E-state index in [1.807, 2.05) is 0 Å². The van der Waals surface area contributed by atoms with E-state index < -0.39 is 16.7 Å². The largest absolute Gasteiger partial charge is 0.454 e. The highest BCUT2D eigenvalue weighted by atomic mass is 19.1. The van der Waals surface area contributed by atoms with Gasteiger partial charge in [-0.1, -0.05) is 0 Å². The summed E-state index contributed by atoms with van der Waals surface area (Å²) in [5.74, 6) is -1.18. The van der Waals surface area contributed by atoms with Crippen LogP contribution in [0.5, 0.6) is 0 Å². The maximum atomic E-state index is 13.0. The topological polar surface area (TPSA) is 158 Å². The van der Waals surface area contributed by atoms with Crippen molar-refractivity contribution in [2.24, 2.45) is 0 Å². The van der Waals surface area contributed by atoms with E-state index in [0.717, 1.165) is 6.07 Å².